The number of benzene rings is 1. The summed E-state index contributed by atoms with van der Waals surface area (Å²) in [5, 5.41) is 2.96. The highest BCUT2D eigenvalue weighted by Crippen LogP contribution is 2.34. The molecule has 1 N–H and O–H groups in total. The van der Waals surface area contributed by atoms with E-state index in [1.165, 1.54) is 0 Å². The van der Waals surface area contributed by atoms with E-state index >= 15 is 0 Å². The Morgan fingerprint density at radius 2 is 1.61 bits per heavy atom. The number of ether oxygens (including phenoxy) is 2. The highest BCUT2D eigenvalue weighted by molar-refractivity contribution is 7.91. The number of carbonyl (C=O) groups excluding carboxylic acids is 2. The zero-order valence-electron chi connectivity index (χ0n) is 18.7. The van der Waals surface area contributed by atoms with Crippen molar-refractivity contribution in [3.8, 4) is 11.5 Å². The third kappa shape index (κ3) is 4.96. The van der Waals surface area contributed by atoms with Crippen molar-refractivity contribution < 1.29 is 27.5 Å². The van der Waals surface area contributed by atoms with E-state index < -0.39 is 9.84 Å². The fourth-order valence-corrected chi connectivity index (χ4v) is 7.18. The average Bonchev–Trinajstić information content (AvgIpc) is 3.44. The Bertz CT molecular complexity index is 1010. The van der Waals surface area contributed by atoms with Crippen molar-refractivity contribution in [1.82, 2.24) is 9.80 Å². The van der Waals surface area contributed by atoms with Crippen LogP contribution in [0.25, 0.3) is 0 Å². The number of sulfone groups is 1. The lowest BCUT2D eigenvalue weighted by molar-refractivity contribution is -0.140. The molecule has 4 heterocycles. The summed E-state index contributed by atoms with van der Waals surface area (Å²) < 4.78 is 34.2. The van der Waals surface area contributed by atoms with Crippen molar-refractivity contribution in [3.63, 3.8) is 0 Å². The van der Waals surface area contributed by atoms with Crippen LogP contribution in [0.3, 0.4) is 0 Å². The summed E-state index contributed by atoms with van der Waals surface area (Å²) in [7, 11) is -2.89. The summed E-state index contributed by atoms with van der Waals surface area (Å²) in [5.41, 5.74) is 0.685. The second-order valence-electron chi connectivity index (χ2n) is 9.52. The van der Waals surface area contributed by atoms with E-state index in [-0.39, 0.29) is 48.0 Å². The number of likely N-dealkylation sites (tertiary alicyclic amines) is 2. The highest BCUT2D eigenvalue weighted by atomic mass is 32.2. The molecule has 0 radical (unpaired) electrons. The largest absolute Gasteiger partial charge is 0.454 e. The molecule has 2 amide bonds. The molecule has 3 fully saturated rings. The van der Waals surface area contributed by atoms with Gasteiger partial charge in [-0.15, -0.1) is 0 Å². The first-order chi connectivity index (χ1) is 15.9. The minimum atomic E-state index is -2.89. The molecule has 180 valence electrons. The van der Waals surface area contributed by atoms with Gasteiger partial charge < -0.3 is 19.7 Å². The molecule has 0 aromatic heterocycles. The lowest BCUT2D eigenvalue weighted by Gasteiger charge is -2.38. The van der Waals surface area contributed by atoms with Gasteiger partial charge in [0.2, 0.25) is 18.6 Å². The van der Waals surface area contributed by atoms with E-state index in [2.05, 4.69) is 10.2 Å². The molecule has 4 aliphatic rings. The smallest absolute Gasteiger partial charge is 0.231 e. The van der Waals surface area contributed by atoms with Crippen LogP contribution in [0.5, 0.6) is 11.5 Å². The quantitative estimate of drug-likeness (QED) is 0.701. The molecule has 1 atom stereocenters. The predicted molar refractivity (Wildman–Crippen MR) is 122 cm³/mol. The van der Waals surface area contributed by atoms with Crippen LogP contribution in [-0.2, 0) is 19.4 Å². The predicted octanol–water partition coefficient (Wildman–Crippen LogP) is 1.49. The molecule has 1 aromatic carbocycles. The molecular weight excluding hydrogens is 446 g/mol. The monoisotopic (exact) mass is 477 g/mol. The Morgan fingerprint density at radius 3 is 2.30 bits per heavy atom. The van der Waals surface area contributed by atoms with Gasteiger partial charge in [-0.3, -0.25) is 14.5 Å². The van der Waals surface area contributed by atoms with Crippen molar-refractivity contribution in [1.29, 1.82) is 0 Å². The zero-order chi connectivity index (χ0) is 23.0. The summed E-state index contributed by atoms with van der Waals surface area (Å²) in [6.07, 6.45) is 3.57. The number of carbonyl (C=O) groups is 2. The van der Waals surface area contributed by atoms with Crippen LogP contribution in [0.1, 0.15) is 32.1 Å². The SMILES string of the molecule is O=C(Nc1ccc2c(c1)OCO2)C1CCN(C(=O)C2CCN(C3CCS(=O)(=O)C3)CC2)CC1. The van der Waals surface area contributed by atoms with Crippen molar-refractivity contribution in [2.75, 3.05) is 49.8 Å². The van der Waals surface area contributed by atoms with E-state index in [1.54, 1.807) is 18.2 Å². The second kappa shape index (κ2) is 9.13. The van der Waals surface area contributed by atoms with E-state index in [4.69, 9.17) is 9.47 Å². The molecule has 0 saturated carbocycles. The molecule has 1 aromatic rings. The number of nitrogens with zero attached hydrogens (tertiary/aromatic N) is 2. The molecule has 0 bridgehead atoms. The lowest BCUT2D eigenvalue weighted by atomic mass is 9.91. The molecule has 4 aliphatic heterocycles. The molecule has 0 spiro atoms. The van der Waals surface area contributed by atoms with Gasteiger partial charge in [0.25, 0.3) is 0 Å². The van der Waals surface area contributed by atoms with Gasteiger partial charge in [-0.05, 0) is 57.3 Å². The molecule has 3 saturated heterocycles. The normalized spacial score (nSPS) is 25.8. The number of rotatable bonds is 4. The zero-order valence-corrected chi connectivity index (χ0v) is 19.5. The van der Waals surface area contributed by atoms with Crippen molar-refractivity contribution in [3.05, 3.63) is 18.2 Å². The van der Waals surface area contributed by atoms with Gasteiger partial charge in [0.15, 0.2) is 21.3 Å². The third-order valence-electron chi connectivity index (χ3n) is 7.42. The van der Waals surface area contributed by atoms with E-state index in [9.17, 15) is 18.0 Å². The van der Waals surface area contributed by atoms with Gasteiger partial charge in [0.1, 0.15) is 0 Å². The fraction of sp³-hybridized carbons (Fsp3) is 0.652. The van der Waals surface area contributed by atoms with Crippen LogP contribution in [-0.4, -0.2) is 80.6 Å². The van der Waals surface area contributed by atoms with E-state index in [0.717, 1.165) is 25.9 Å². The first kappa shape index (κ1) is 22.5. The van der Waals surface area contributed by atoms with Gasteiger partial charge in [-0.25, -0.2) is 8.42 Å². The Kier molecular flexibility index (Phi) is 6.22. The van der Waals surface area contributed by atoms with E-state index in [1.807, 2.05) is 4.90 Å². The molecule has 33 heavy (non-hydrogen) atoms. The highest BCUT2D eigenvalue weighted by Gasteiger charge is 2.37. The summed E-state index contributed by atoms with van der Waals surface area (Å²) in [5.74, 6) is 1.89. The number of anilines is 1. The maximum absolute atomic E-state index is 13.0. The van der Waals surface area contributed by atoms with Crippen LogP contribution >= 0.6 is 0 Å². The summed E-state index contributed by atoms with van der Waals surface area (Å²) >= 11 is 0. The maximum atomic E-state index is 13.0. The minimum absolute atomic E-state index is 0.00160. The Morgan fingerprint density at radius 1 is 0.909 bits per heavy atom. The van der Waals surface area contributed by atoms with Crippen LogP contribution in [0.4, 0.5) is 5.69 Å². The van der Waals surface area contributed by atoms with Crippen molar-refractivity contribution in [2.45, 2.75) is 38.1 Å². The number of nitrogens with one attached hydrogen (secondary N) is 1. The molecule has 5 rings (SSSR count). The number of fused-ring (bicyclic) bond motifs is 1. The van der Waals surface area contributed by atoms with Crippen LogP contribution in [0.15, 0.2) is 18.2 Å². The first-order valence-electron chi connectivity index (χ1n) is 11.8. The number of hydrogen-bond donors (Lipinski definition) is 1. The molecule has 9 nitrogen and oxygen atoms in total. The molecule has 0 aliphatic carbocycles. The van der Waals surface area contributed by atoms with Crippen LogP contribution in [0.2, 0.25) is 0 Å². The first-order valence-corrected chi connectivity index (χ1v) is 13.6. The number of amides is 2. The van der Waals surface area contributed by atoms with Gasteiger partial charge in [-0.2, -0.15) is 0 Å². The van der Waals surface area contributed by atoms with Crippen molar-refractivity contribution in [2.24, 2.45) is 11.8 Å². The Hall–Kier alpha value is -2.33. The van der Waals surface area contributed by atoms with Crippen LogP contribution < -0.4 is 14.8 Å². The molecular formula is C23H31N3O6S. The van der Waals surface area contributed by atoms with Gasteiger partial charge in [0, 0.05) is 42.7 Å². The minimum Gasteiger partial charge on any atom is -0.454 e. The summed E-state index contributed by atoms with van der Waals surface area (Å²) in [4.78, 5) is 29.9. The number of hydrogen-bond acceptors (Lipinski definition) is 7. The Labute approximate surface area is 194 Å². The fourth-order valence-electron chi connectivity index (χ4n) is 5.41. The van der Waals surface area contributed by atoms with Gasteiger partial charge in [-0.1, -0.05) is 0 Å². The maximum Gasteiger partial charge on any atom is 0.231 e. The summed E-state index contributed by atoms with van der Waals surface area (Å²) in [6, 6.07) is 5.48. The second-order valence-corrected chi connectivity index (χ2v) is 11.8. The molecule has 1 unspecified atom stereocenters. The van der Waals surface area contributed by atoms with E-state index in [0.29, 0.717) is 49.5 Å². The molecule has 10 heteroatoms. The summed E-state index contributed by atoms with van der Waals surface area (Å²) in [6.45, 7) is 2.95. The lowest BCUT2D eigenvalue weighted by Crippen LogP contribution is -2.48. The number of piperidine rings is 2. The topological polar surface area (TPSA) is 105 Å². The average molecular weight is 478 g/mol. The Balaban J connectivity index is 1.07. The van der Waals surface area contributed by atoms with Crippen molar-refractivity contribution >= 4 is 27.3 Å². The van der Waals surface area contributed by atoms with Gasteiger partial charge >= 0.3 is 0 Å². The van der Waals surface area contributed by atoms with Gasteiger partial charge in [0.05, 0.1) is 11.5 Å². The standard InChI is InChI=1S/C23H31N3O6S/c27-22(24-18-1-2-20-21(13-18)32-15-31-20)16-3-10-26(11-4-16)23(28)17-5-8-25(9-6-17)19-7-12-33(29,30)14-19/h1-2,13,16-17,19H,3-12,14-15H2,(H,24,27). The third-order valence-corrected chi connectivity index (χ3v) is 9.17. The van der Waals surface area contributed by atoms with Crippen LogP contribution in [0, 0.1) is 11.8 Å².